The molecule has 0 bridgehead atoms. The van der Waals surface area contributed by atoms with Crippen LogP contribution in [-0.4, -0.2) is 37.5 Å². The molecule has 0 atom stereocenters. The van der Waals surface area contributed by atoms with Crippen molar-refractivity contribution in [2.45, 2.75) is 6.18 Å². The zero-order valence-corrected chi connectivity index (χ0v) is 10.7. The minimum absolute atomic E-state index is 0.0341. The molecular formula is C12H12ClF3N2O. The monoisotopic (exact) mass is 292 g/mol. The van der Waals surface area contributed by atoms with Crippen molar-refractivity contribution in [2.24, 2.45) is 5.10 Å². The Morgan fingerprint density at radius 1 is 1.26 bits per heavy atom. The van der Waals surface area contributed by atoms with Crippen LogP contribution in [0.5, 0.6) is 0 Å². The van der Waals surface area contributed by atoms with Gasteiger partial charge in [-0.15, -0.1) is 0 Å². The largest absolute Gasteiger partial charge is 0.416 e. The molecule has 0 spiro atoms. The van der Waals surface area contributed by atoms with Crippen LogP contribution in [0.2, 0.25) is 5.02 Å². The maximum absolute atomic E-state index is 12.5. The molecule has 1 fully saturated rings. The average Bonchev–Trinajstić information content (AvgIpc) is 2.37. The smallest absolute Gasteiger partial charge is 0.378 e. The molecule has 1 saturated heterocycles. The van der Waals surface area contributed by atoms with Crippen molar-refractivity contribution in [3.63, 3.8) is 0 Å². The van der Waals surface area contributed by atoms with E-state index in [0.717, 1.165) is 12.1 Å². The summed E-state index contributed by atoms with van der Waals surface area (Å²) in [6.45, 7) is 2.51. The predicted octanol–water partition coefficient (Wildman–Crippen LogP) is 3.02. The van der Waals surface area contributed by atoms with Crippen molar-refractivity contribution in [1.29, 1.82) is 0 Å². The summed E-state index contributed by atoms with van der Waals surface area (Å²) in [5.74, 6) is 0. The molecule has 1 heterocycles. The summed E-state index contributed by atoms with van der Waals surface area (Å²) in [5.41, 5.74) is -0.304. The third-order valence-corrected chi connectivity index (χ3v) is 3.00. The lowest BCUT2D eigenvalue weighted by Gasteiger charge is -2.23. The molecule has 0 saturated carbocycles. The van der Waals surface area contributed by atoms with Gasteiger partial charge in [-0.1, -0.05) is 17.7 Å². The summed E-state index contributed by atoms with van der Waals surface area (Å²) in [7, 11) is 0. The summed E-state index contributed by atoms with van der Waals surface area (Å²) >= 11 is 5.82. The first-order valence-electron chi connectivity index (χ1n) is 5.70. The normalized spacial score (nSPS) is 17.2. The molecule has 19 heavy (non-hydrogen) atoms. The van der Waals surface area contributed by atoms with Gasteiger partial charge in [-0.2, -0.15) is 18.3 Å². The molecule has 7 heteroatoms. The maximum Gasteiger partial charge on any atom is 0.416 e. The van der Waals surface area contributed by atoms with Gasteiger partial charge < -0.3 is 4.74 Å². The molecule has 3 nitrogen and oxygen atoms in total. The van der Waals surface area contributed by atoms with Crippen molar-refractivity contribution in [2.75, 3.05) is 26.3 Å². The molecule has 0 unspecified atom stereocenters. The molecule has 104 valence electrons. The van der Waals surface area contributed by atoms with Gasteiger partial charge in [0.25, 0.3) is 0 Å². The molecule has 1 aliphatic heterocycles. The lowest BCUT2D eigenvalue weighted by Crippen LogP contribution is -2.32. The molecule has 0 aromatic heterocycles. The number of nitrogens with zero attached hydrogens (tertiary/aromatic N) is 2. The number of hydrogen-bond donors (Lipinski definition) is 0. The highest BCUT2D eigenvalue weighted by atomic mass is 35.5. The van der Waals surface area contributed by atoms with Crippen LogP contribution >= 0.6 is 11.6 Å². The number of ether oxygens (including phenoxy) is 1. The Kier molecular flexibility index (Phi) is 4.31. The first-order valence-corrected chi connectivity index (χ1v) is 6.08. The van der Waals surface area contributed by atoms with E-state index in [0.29, 0.717) is 31.9 Å². The van der Waals surface area contributed by atoms with Crippen LogP contribution in [0.3, 0.4) is 0 Å². The Morgan fingerprint density at radius 2 is 1.95 bits per heavy atom. The quantitative estimate of drug-likeness (QED) is 0.783. The van der Waals surface area contributed by atoms with E-state index >= 15 is 0 Å². The standard InChI is InChI=1S/C12H12ClF3N2O/c13-11-7-10(12(14,15)16)2-1-9(11)8-17-18-3-5-19-6-4-18/h1-2,7-8H,3-6H2. The predicted molar refractivity (Wildman–Crippen MR) is 66.4 cm³/mol. The van der Waals surface area contributed by atoms with E-state index in [2.05, 4.69) is 5.10 Å². The Bertz CT molecular complexity index is 471. The number of rotatable bonds is 2. The molecular weight excluding hydrogens is 281 g/mol. The fraction of sp³-hybridized carbons (Fsp3) is 0.417. The fourth-order valence-electron chi connectivity index (χ4n) is 1.62. The summed E-state index contributed by atoms with van der Waals surface area (Å²) in [6.07, 6.45) is -2.92. The van der Waals surface area contributed by atoms with Crippen molar-refractivity contribution < 1.29 is 17.9 Å². The van der Waals surface area contributed by atoms with Crippen LogP contribution in [-0.2, 0) is 10.9 Å². The molecule has 1 aliphatic rings. The van der Waals surface area contributed by atoms with E-state index in [1.807, 2.05) is 0 Å². The van der Waals surface area contributed by atoms with Crippen LogP contribution in [0, 0.1) is 0 Å². The first-order chi connectivity index (χ1) is 8.97. The topological polar surface area (TPSA) is 24.8 Å². The van der Waals surface area contributed by atoms with Crippen molar-refractivity contribution in [3.05, 3.63) is 34.3 Å². The van der Waals surface area contributed by atoms with E-state index in [4.69, 9.17) is 16.3 Å². The van der Waals surface area contributed by atoms with E-state index in [1.54, 1.807) is 5.01 Å². The number of hydrazone groups is 1. The number of benzene rings is 1. The minimum atomic E-state index is -4.39. The average molecular weight is 293 g/mol. The third-order valence-electron chi connectivity index (χ3n) is 2.68. The first kappa shape index (κ1) is 14.1. The van der Waals surface area contributed by atoms with Gasteiger partial charge in [0.05, 0.1) is 43.1 Å². The van der Waals surface area contributed by atoms with Gasteiger partial charge in [-0.25, -0.2) is 0 Å². The van der Waals surface area contributed by atoms with Gasteiger partial charge in [-0.3, -0.25) is 5.01 Å². The third kappa shape index (κ3) is 3.84. The highest BCUT2D eigenvalue weighted by Gasteiger charge is 2.30. The van der Waals surface area contributed by atoms with Gasteiger partial charge in [0.1, 0.15) is 0 Å². The Morgan fingerprint density at radius 3 is 2.53 bits per heavy atom. The Balaban J connectivity index is 2.10. The van der Waals surface area contributed by atoms with Gasteiger partial charge in [0, 0.05) is 5.56 Å². The lowest BCUT2D eigenvalue weighted by molar-refractivity contribution is -0.137. The molecule has 0 radical (unpaired) electrons. The number of halogens is 4. The summed E-state index contributed by atoms with van der Waals surface area (Å²) < 4.78 is 42.5. The Labute approximate surface area is 113 Å². The highest BCUT2D eigenvalue weighted by molar-refractivity contribution is 6.33. The van der Waals surface area contributed by atoms with Gasteiger partial charge >= 0.3 is 6.18 Å². The zero-order valence-electron chi connectivity index (χ0n) is 9.95. The van der Waals surface area contributed by atoms with Crippen molar-refractivity contribution in [3.8, 4) is 0 Å². The summed E-state index contributed by atoms with van der Waals surface area (Å²) in [4.78, 5) is 0. The molecule has 1 aromatic rings. The van der Waals surface area contributed by atoms with Gasteiger partial charge in [0.15, 0.2) is 0 Å². The summed E-state index contributed by atoms with van der Waals surface area (Å²) in [6, 6.07) is 3.21. The van der Waals surface area contributed by atoms with Crippen LogP contribution in [0.25, 0.3) is 0 Å². The second-order valence-corrected chi connectivity index (χ2v) is 4.45. The minimum Gasteiger partial charge on any atom is -0.378 e. The molecule has 1 aromatic carbocycles. The van der Waals surface area contributed by atoms with Crippen LogP contribution in [0.4, 0.5) is 13.2 Å². The second kappa shape index (κ2) is 5.79. The maximum atomic E-state index is 12.5. The van der Waals surface area contributed by atoms with Crippen molar-refractivity contribution >= 4 is 17.8 Å². The van der Waals surface area contributed by atoms with E-state index < -0.39 is 11.7 Å². The number of morpholine rings is 1. The molecule has 0 aliphatic carbocycles. The molecule has 0 amide bonds. The number of alkyl halides is 3. The second-order valence-electron chi connectivity index (χ2n) is 4.04. The zero-order chi connectivity index (χ0) is 13.9. The molecule has 0 N–H and O–H groups in total. The van der Waals surface area contributed by atoms with E-state index in [1.165, 1.54) is 12.3 Å². The SMILES string of the molecule is FC(F)(F)c1ccc(C=NN2CCOCC2)c(Cl)c1. The van der Waals surface area contributed by atoms with Gasteiger partial charge in [-0.05, 0) is 12.1 Å². The van der Waals surface area contributed by atoms with Crippen molar-refractivity contribution in [1.82, 2.24) is 5.01 Å². The van der Waals surface area contributed by atoms with E-state index in [9.17, 15) is 13.2 Å². The Hall–Kier alpha value is -1.27. The molecule has 2 rings (SSSR count). The highest BCUT2D eigenvalue weighted by Crippen LogP contribution is 2.31. The van der Waals surface area contributed by atoms with E-state index in [-0.39, 0.29) is 5.02 Å². The van der Waals surface area contributed by atoms with Crippen LogP contribution in [0.1, 0.15) is 11.1 Å². The summed E-state index contributed by atoms with van der Waals surface area (Å²) in [5, 5.41) is 5.99. The fourth-order valence-corrected chi connectivity index (χ4v) is 1.85. The lowest BCUT2D eigenvalue weighted by atomic mass is 10.1. The van der Waals surface area contributed by atoms with Gasteiger partial charge in [0.2, 0.25) is 0 Å². The van der Waals surface area contributed by atoms with Crippen LogP contribution in [0.15, 0.2) is 23.3 Å². The number of hydrogen-bond acceptors (Lipinski definition) is 3. The van der Waals surface area contributed by atoms with Crippen LogP contribution < -0.4 is 0 Å².